The van der Waals surface area contributed by atoms with Crippen molar-refractivity contribution in [3.8, 4) is 23.3 Å². The lowest BCUT2D eigenvalue weighted by Crippen LogP contribution is -1.89. The van der Waals surface area contributed by atoms with Gasteiger partial charge in [0.2, 0.25) is 0 Å². The van der Waals surface area contributed by atoms with Crippen LogP contribution in [0.3, 0.4) is 0 Å². The fourth-order valence-electron chi connectivity index (χ4n) is 3.21. The van der Waals surface area contributed by atoms with Gasteiger partial charge in [-0.25, -0.2) is 0 Å². The molecule has 2 nitrogen and oxygen atoms in total. The average Bonchev–Trinajstić information content (AvgIpc) is 2.67. The molecule has 0 heterocycles. The molecule has 0 N–H and O–H groups in total. The smallest absolute Gasteiger partial charge is 0.0998 e. The first-order chi connectivity index (χ1) is 11.8. The van der Waals surface area contributed by atoms with E-state index in [0.717, 1.165) is 27.3 Å². The summed E-state index contributed by atoms with van der Waals surface area (Å²) in [7, 11) is 0. The number of hydrogen-bond acceptors (Lipinski definition) is 2. The Labute approximate surface area is 139 Å². The normalized spacial score (nSPS) is 10.4. The zero-order chi connectivity index (χ0) is 16.5. The first-order valence-electron chi connectivity index (χ1n) is 7.67. The van der Waals surface area contributed by atoms with Crippen molar-refractivity contribution in [1.29, 1.82) is 10.5 Å². The monoisotopic (exact) mass is 304 g/mol. The number of fused-ring (bicyclic) bond motifs is 3. The van der Waals surface area contributed by atoms with Gasteiger partial charge in [-0.05, 0) is 51.4 Å². The maximum absolute atomic E-state index is 9.50. The van der Waals surface area contributed by atoms with Crippen molar-refractivity contribution in [2.75, 3.05) is 0 Å². The molecular weight excluding hydrogens is 292 g/mol. The molecule has 0 fully saturated rings. The van der Waals surface area contributed by atoms with E-state index in [1.165, 1.54) is 5.39 Å². The molecule has 0 radical (unpaired) electrons. The first-order valence-corrected chi connectivity index (χ1v) is 7.67. The van der Waals surface area contributed by atoms with Gasteiger partial charge in [-0.15, -0.1) is 0 Å². The van der Waals surface area contributed by atoms with Crippen LogP contribution in [0.15, 0.2) is 72.8 Å². The highest BCUT2D eigenvalue weighted by Crippen LogP contribution is 2.36. The fraction of sp³-hybridized carbons (Fsp3) is 0. The average molecular weight is 304 g/mol. The zero-order valence-corrected chi connectivity index (χ0v) is 12.8. The minimum absolute atomic E-state index is 0.557. The van der Waals surface area contributed by atoms with Gasteiger partial charge in [0.15, 0.2) is 0 Å². The summed E-state index contributed by atoms with van der Waals surface area (Å²) in [5.41, 5.74) is 2.92. The van der Waals surface area contributed by atoms with E-state index in [1.807, 2.05) is 24.3 Å². The van der Waals surface area contributed by atoms with Crippen LogP contribution in [0.2, 0.25) is 0 Å². The van der Waals surface area contributed by atoms with E-state index in [9.17, 15) is 10.5 Å². The highest BCUT2D eigenvalue weighted by molar-refractivity contribution is 6.14. The Morgan fingerprint density at radius 3 is 2.04 bits per heavy atom. The molecule has 0 aliphatic heterocycles. The second-order valence-corrected chi connectivity index (χ2v) is 5.67. The van der Waals surface area contributed by atoms with Crippen LogP contribution in [0.25, 0.3) is 32.7 Å². The van der Waals surface area contributed by atoms with E-state index in [1.54, 1.807) is 18.2 Å². The number of nitriles is 2. The molecule has 2 heteroatoms. The quantitative estimate of drug-likeness (QED) is 0.442. The van der Waals surface area contributed by atoms with Gasteiger partial charge in [-0.2, -0.15) is 10.5 Å². The van der Waals surface area contributed by atoms with Crippen LogP contribution in [0.1, 0.15) is 11.1 Å². The van der Waals surface area contributed by atoms with Crippen LogP contribution in [0, 0.1) is 22.7 Å². The van der Waals surface area contributed by atoms with Gasteiger partial charge in [0.1, 0.15) is 0 Å². The molecule has 0 saturated carbocycles. The maximum Gasteiger partial charge on any atom is 0.0998 e. The van der Waals surface area contributed by atoms with Gasteiger partial charge in [0.25, 0.3) is 0 Å². The largest absolute Gasteiger partial charge is 0.192 e. The summed E-state index contributed by atoms with van der Waals surface area (Å²) >= 11 is 0. The molecule has 0 aliphatic rings. The molecule has 0 amide bonds. The van der Waals surface area contributed by atoms with Crippen molar-refractivity contribution in [2.45, 2.75) is 0 Å². The first kappa shape index (κ1) is 14.0. The van der Waals surface area contributed by atoms with Crippen LogP contribution < -0.4 is 0 Å². The second kappa shape index (κ2) is 5.54. The summed E-state index contributed by atoms with van der Waals surface area (Å²) in [5, 5.41) is 23.3. The second-order valence-electron chi connectivity index (χ2n) is 5.67. The minimum Gasteiger partial charge on any atom is -0.192 e. The highest BCUT2D eigenvalue weighted by atomic mass is 14.3. The number of hydrogen-bond donors (Lipinski definition) is 0. The third-order valence-electron chi connectivity index (χ3n) is 4.33. The van der Waals surface area contributed by atoms with E-state index in [-0.39, 0.29) is 0 Å². The SMILES string of the molecule is N#Cc1ccc(C#N)c(-c2cc3ccccc3c3ccccc23)c1. The molecule has 24 heavy (non-hydrogen) atoms. The molecule has 0 aromatic heterocycles. The summed E-state index contributed by atoms with van der Waals surface area (Å²) < 4.78 is 0. The Morgan fingerprint density at radius 2 is 1.29 bits per heavy atom. The summed E-state index contributed by atoms with van der Waals surface area (Å²) in [6, 6.07) is 28.1. The fourth-order valence-corrected chi connectivity index (χ4v) is 3.21. The van der Waals surface area contributed by atoms with Crippen molar-refractivity contribution >= 4 is 21.5 Å². The topological polar surface area (TPSA) is 47.6 Å². The Kier molecular flexibility index (Phi) is 3.23. The van der Waals surface area contributed by atoms with E-state index in [2.05, 4.69) is 42.5 Å². The summed E-state index contributed by atoms with van der Waals surface area (Å²) in [5.74, 6) is 0. The van der Waals surface area contributed by atoms with Crippen molar-refractivity contribution in [3.63, 3.8) is 0 Å². The lowest BCUT2D eigenvalue weighted by molar-refractivity contribution is 1.45. The van der Waals surface area contributed by atoms with Crippen molar-refractivity contribution in [3.05, 3.63) is 83.9 Å². The number of rotatable bonds is 1. The lowest BCUT2D eigenvalue weighted by atomic mass is 9.90. The lowest BCUT2D eigenvalue weighted by Gasteiger charge is -2.12. The molecule has 0 bridgehead atoms. The predicted octanol–water partition coefficient (Wildman–Crippen LogP) is 5.40. The molecule has 0 atom stereocenters. The van der Waals surface area contributed by atoms with Gasteiger partial charge in [-0.3, -0.25) is 0 Å². The number of benzene rings is 4. The van der Waals surface area contributed by atoms with Crippen LogP contribution in [0.5, 0.6) is 0 Å². The van der Waals surface area contributed by atoms with Crippen molar-refractivity contribution < 1.29 is 0 Å². The van der Waals surface area contributed by atoms with E-state index in [4.69, 9.17) is 0 Å². The van der Waals surface area contributed by atoms with E-state index >= 15 is 0 Å². The molecule has 4 aromatic carbocycles. The van der Waals surface area contributed by atoms with Gasteiger partial charge < -0.3 is 0 Å². The zero-order valence-electron chi connectivity index (χ0n) is 12.8. The van der Waals surface area contributed by atoms with Crippen LogP contribution >= 0.6 is 0 Å². The molecular formula is C22H12N2. The van der Waals surface area contributed by atoms with Crippen LogP contribution in [-0.4, -0.2) is 0 Å². The molecule has 0 saturated heterocycles. The Bertz CT molecular complexity index is 1170. The highest BCUT2D eigenvalue weighted by Gasteiger charge is 2.12. The van der Waals surface area contributed by atoms with Gasteiger partial charge >= 0.3 is 0 Å². The molecule has 0 aliphatic carbocycles. The molecule has 0 unspecified atom stereocenters. The summed E-state index contributed by atoms with van der Waals surface area (Å²) in [4.78, 5) is 0. The summed E-state index contributed by atoms with van der Waals surface area (Å²) in [6.45, 7) is 0. The molecule has 0 spiro atoms. The third kappa shape index (κ3) is 2.10. The van der Waals surface area contributed by atoms with Gasteiger partial charge in [0, 0.05) is 5.56 Å². The van der Waals surface area contributed by atoms with Crippen LogP contribution in [-0.2, 0) is 0 Å². The maximum atomic E-state index is 9.50. The van der Waals surface area contributed by atoms with Crippen molar-refractivity contribution in [2.24, 2.45) is 0 Å². The van der Waals surface area contributed by atoms with Crippen molar-refractivity contribution in [1.82, 2.24) is 0 Å². The number of nitrogens with zero attached hydrogens (tertiary/aromatic N) is 2. The standard InChI is InChI=1S/C22H12N2/c23-13-15-9-10-17(14-24)21(11-15)22-12-16-5-1-2-6-18(16)19-7-3-4-8-20(19)22/h1-12H. The van der Waals surface area contributed by atoms with E-state index < -0.39 is 0 Å². The Balaban J connectivity index is 2.18. The van der Waals surface area contributed by atoms with Gasteiger partial charge in [-0.1, -0.05) is 48.5 Å². The Morgan fingerprint density at radius 1 is 0.583 bits per heavy atom. The molecule has 110 valence electrons. The van der Waals surface area contributed by atoms with Gasteiger partial charge in [0.05, 0.1) is 23.3 Å². The summed E-state index contributed by atoms with van der Waals surface area (Å²) in [6.07, 6.45) is 0. The predicted molar refractivity (Wildman–Crippen MR) is 96.3 cm³/mol. The third-order valence-corrected chi connectivity index (χ3v) is 4.33. The molecule has 4 aromatic rings. The minimum atomic E-state index is 0.557. The van der Waals surface area contributed by atoms with Crippen LogP contribution in [0.4, 0.5) is 0 Å². The van der Waals surface area contributed by atoms with E-state index in [0.29, 0.717) is 11.1 Å². The Hall–Kier alpha value is -3.62. The molecule has 4 rings (SSSR count).